The minimum atomic E-state index is 0.432. The van der Waals surface area contributed by atoms with Gasteiger partial charge < -0.3 is 4.90 Å². The predicted octanol–water partition coefficient (Wildman–Crippen LogP) is 3.47. The summed E-state index contributed by atoms with van der Waals surface area (Å²) in [5.74, 6) is 0. The van der Waals surface area contributed by atoms with Crippen LogP contribution in [-0.4, -0.2) is 18.1 Å². The zero-order valence-corrected chi connectivity index (χ0v) is 10.9. The normalized spacial score (nSPS) is 20.3. The van der Waals surface area contributed by atoms with Crippen LogP contribution in [0.5, 0.6) is 0 Å². The van der Waals surface area contributed by atoms with Crippen molar-refractivity contribution in [3.63, 3.8) is 0 Å². The predicted molar refractivity (Wildman–Crippen MR) is 67.2 cm³/mol. The lowest BCUT2D eigenvalue weighted by molar-refractivity contribution is 0.293. The van der Waals surface area contributed by atoms with Crippen LogP contribution in [0, 0.1) is 5.41 Å². The van der Waals surface area contributed by atoms with Crippen molar-refractivity contribution in [2.75, 3.05) is 18.0 Å². The second-order valence-electron chi connectivity index (χ2n) is 5.02. The van der Waals surface area contributed by atoms with Gasteiger partial charge in [0.15, 0.2) is 0 Å². The quantitative estimate of drug-likeness (QED) is 0.776. The van der Waals surface area contributed by atoms with E-state index in [0.29, 0.717) is 5.41 Å². The Morgan fingerprint density at radius 2 is 2.27 bits per heavy atom. The van der Waals surface area contributed by atoms with E-state index in [4.69, 9.17) is 0 Å². The summed E-state index contributed by atoms with van der Waals surface area (Å²) in [6.07, 6.45) is 6.34. The first-order valence-electron chi connectivity index (χ1n) is 5.43. The number of pyridine rings is 1. The fraction of sp³-hybridized carbons (Fsp3) is 0.583. The van der Waals surface area contributed by atoms with Gasteiger partial charge in [0.2, 0.25) is 0 Å². The van der Waals surface area contributed by atoms with Gasteiger partial charge in [0.25, 0.3) is 0 Å². The van der Waals surface area contributed by atoms with Gasteiger partial charge in [-0.05, 0) is 40.3 Å². The second-order valence-corrected chi connectivity index (χ2v) is 5.87. The summed E-state index contributed by atoms with van der Waals surface area (Å²) < 4.78 is 1.10. The van der Waals surface area contributed by atoms with Crippen molar-refractivity contribution in [3.8, 4) is 0 Å². The van der Waals surface area contributed by atoms with Crippen molar-refractivity contribution in [2.45, 2.75) is 26.7 Å². The van der Waals surface area contributed by atoms with Crippen LogP contribution < -0.4 is 4.90 Å². The zero-order chi connectivity index (χ0) is 10.9. The molecule has 0 aliphatic carbocycles. The lowest BCUT2D eigenvalue weighted by atomic mass is 9.84. The van der Waals surface area contributed by atoms with Crippen molar-refractivity contribution < 1.29 is 0 Å². The zero-order valence-electron chi connectivity index (χ0n) is 9.33. The average molecular weight is 269 g/mol. The number of anilines is 1. The number of piperidine rings is 1. The van der Waals surface area contributed by atoms with E-state index in [1.807, 2.05) is 12.4 Å². The van der Waals surface area contributed by atoms with Gasteiger partial charge in [-0.25, -0.2) is 0 Å². The summed E-state index contributed by atoms with van der Waals surface area (Å²) in [7, 11) is 0. The Hall–Kier alpha value is -0.570. The molecular formula is C12H17BrN2. The van der Waals surface area contributed by atoms with Crippen LogP contribution in [0.2, 0.25) is 0 Å². The molecule has 0 amide bonds. The van der Waals surface area contributed by atoms with Gasteiger partial charge >= 0.3 is 0 Å². The SMILES string of the molecule is CC1(C)CCCN(c2ccncc2Br)C1. The summed E-state index contributed by atoms with van der Waals surface area (Å²) in [6.45, 7) is 6.98. The maximum Gasteiger partial charge on any atom is 0.0592 e. The molecule has 0 unspecified atom stereocenters. The van der Waals surface area contributed by atoms with Gasteiger partial charge in [-0.15, -0.1) is 0 Å². The van der Waals surface area contributed by atoms with E-state index in [1.165, 1.54) is 18.5 Å². The number of hydrogen-bond donors (Lipinski definition) is 0. The highest BCUT2D eigenvalue weighted by Crippen LogP contribution is 2.34. The summed E-state index contributed by atoms with van der Waals surface area (Å²) >= 11 is 3.57. The molecule has 0 atom stereocenters. The summed E-state index contributed by atoms with van der Waals surface area (Å²) in [6, 6.07) is 2.09. The molecule has 15 heavy (non-hydrogen) atoms. The first kappa shape index (κ1) is 10.9. The highest BCUT2D eigenvalue weighted by Gasteiger charge is 2.27. The van der Waals surface area contributed by atoms with E-state index >= 15 is 0 Å². The highest BCUT2D eigenvalue weighted by molar-refractivity contribution is 9.10. The highest BCUT2D eigenvalue weighted by atomic mass is 79.9. The monoisotopic (exact) mass is 268 g/mol. The summed E-state index contributed by atoms with van der Waals surface area (Å²) in [5.41, 5.74) is 1.71. The van der Waals surface area contributed by atoms with Gasteiger partial charge in [-0.1, -0.05) is 13.8 Å². The Labute approximate surface area is 99.8 Å². The molecule has 1 aliphatic heterocycles. The molecule has 1 aromatic heterocycles. The first-order chi connectivity index (χ1) is 7.08. The van der Waals surface area contributed by atoms with E-state index in [2.05, 4.69) is 45.7 Å². The number of halogens is 1. The average Bonchev–Trinajstić information content (AvgIpc) is 2.17. The fourth-order valence-corrected chi connectivity index (χ4v) is 2.75. The Bertz CT molecular complexity index is 349. The molecular weight excluding hydrogens is 252 g/mol. The second kappa shape index (κ2) is 4.12. The number of hydrogen-bond acceptors (Lipinski definition) is 2. The van der Waals surface area contributed by atoms with Crippen LogP contribution in [0.25, 0.3) is 0 Å². The van der Waals surface area contributed by atoms with Crippen LogP contribution in [0.3, 0.4) is 0 Å². The third-order valence-electron chi connectivity index (χ3n) is 2.99. The van der Waals surface area contributed by atoms with Crippen LogP contribution in [-0.2, 0) is 0 Å². The van der Waals surface area contributed by atoms with E-state index in [0.717, 1.165) is 17.6 Å². The molecule has 0 spiro atoms. The molecule has 0 bridgehead atoms. The Balaban J connectivity index is 2.21. The van der Waals surface area contributed by atoms with Gasteiger partial charge in [-0.3, -0.25) is 4.98 Å². The third kappa shape index (κ3) is 2.51. The smallest absolute Gasteiger partial charge is 0.0592 e. The first-order valence-corrected chi connectivity index (χ1v) is 6.22. The molecule has 1 fully saturated rings. The molecule has 1 aliphatic rings. The van der Waals surface area contributed by atoms with Crippen molar-refractivity contribution in [3.05, 3.63) is 22.9 Å². The van der Waals surface area contributed by atoms with Crippen LogP contribution in [0.4, 0.5) is 5.69 Å². The molecule has 1 saturated heterocycles. The van der Waals surface area contributed by atoms with Gasteiger partial charge in [0.1, 0.15) is 0 Å². The van der Waals surface area contributed by atoms with Gasteiger partial charge in [0.05, 0.1) is 10.2 Å². The molecule has 1 aromatic rings. The van der Waals surface area contributed by atoms with Crippen molar-refractivity contribution in [1.82, 2.24) is 4.98 Å². The molecule has 0 N–H and O–H groups in total. The van der Waals surface area contributed by atoms with Gasteiger partial charge in [-0.2, -0.15) is 0 Å². The maximum absolute atomic E-state index is 4.10. The van der Waals surface area contributed by atoms with Crippen molar-refractivity contribution in [2.24, 2.45) is 5.41 Å². The Morgan fingerprint density at radius 3 is 2.93 bits per heavy atom. The standard InChI is InChI=1S/C12H17BrN2/c1-12(2)5-3-7-15(9-12)11-4-6-14-8-10(11)13/h4,6,8H,3,5,7,9H2,1-2H3. The molecule has 2 heterocycles. The molecule has 2 rings (SSSR count). The minimum Gasteiger partial charge on any atom is -0.370 e. The Kier molecular flexibility index (Phi) is 3.01. The Morgan fingerprint density at radius 1 is 1.47 bits per heavy atom. The van der Waals surface area contributed by atoms with E-state index in [-0.39, 0.29) is 0 Å². The maximum atomic E-state index is 4.10. The van der Waals surface area contributed by atoms with E-state index < -0.39 is 0 Å². The molecule has 82 valence electrons. The number of rotatable bonds is 1. The minimum absolute atomic E-state index is 0.432. The number of nitrogens with zero attached hydrogens (tertiary/aromatic N) is 2. The van der Waals surface area contributed by atoms with Crippen molar-refractivity contribution in [1.29, 1.82) is 0 Å². The van der Waals surface area contributed by atoms with Crippen LogP contribution >= 0.6 is 15.9 Å². The largest absolute Gasteiger partial charge is 0.370 e. The lowest BCUT2D eigenvalue weighted by Crippen LogP contribution is -2.40. The molecule has 3 heteroatoms. The molecule has 2 nitrogen and oxygen atoms in total. The fourth-order valence-electron chi connectivity index (χ4n) is 2.25. The van der Waals surface area contributed by atoms with Crippen LogP contribution in [0.15, 0.2) is 22.9 Å². The summed E-state index contributed by atoms with van der Waals surface area (Å²) in [4.78, 5) is 6.56. The summed E-state index contributed by atoms with van der Waals surface area (Å²) in [5, 5.41) is 0. The molecule has 0 aromatic carbocycles. The van der Waals surface area contributed by atoms with Crippen molar-refractivity contribution >= 4 is 21.6 Å². The molecule has 0 radical (unpaired) electrons. The van der Waals surface area contributed by atoms with Gasteiger partial charge in [0, 0.05) is 25.5 Å². The third-order valence-corrected chi connectivity index (χ3v) is 3.60. The lowest BCUT2D eigenvalue weighted by Gasteiger charge is -2.39. The number of aromatic nitrogens is 1. The van der Waals surface area contributed by atoms with E-state index in [9.17, 15) is 0 Å². The van der Waals surface area contributed by atoms with Crippen LogP contribution in [0.1, 0.15) is 26.7 Å². The molecule has 0 saturated carbocycles. The topological polar surface area (TPSA) is 16.1 Å². The van der Waals surface area contributed by atoms with E-state index in [1.54, 1.807) is 0 Å².